The molecule has 7 heteroatoms. The number of ether oxygens (including phenoxy) is 2. The number of nitrogens with two attached hydrogens (primary N) is 1. The van der Waals surface area contributed by atoms with Crippen LogP contribution in [-0.2, 0) is 5.41 Å². The lowest BCUT2D eigenvalue weighted by atomic mass is 9.73. The largest absolute Gasteiger partial charge is 0.493 e. The van der Waals surface area contributed by atoms with Crippen molar-refractivity contribution in [3.05, 3.63) is 40.6 Å². The Kier molecular flexibility index (Phi) is 8.22. The number of methoxy groups -OCH3 is 2. The molecule has 0 radical (unpaired) electrons. The summed E-state index contributed by atoms with van der Waals surface area (Å²) in [6.07, 6.45) is 6.20. The lowest BCUT2D eigenvalue weighted by molar-refractivity contribution is 0.307. The molecule has 148 valence electrons. The van der Waals surface area contributed by atoms with Crippen LogP contribution >= 0.6 is 35.3 Å². The first-order chi connectivity index (χ1) is 12.7. The van der Waals surface area contributed by atoms with Crippen LogP contribution in [0.5, 0.6) is 11.5 Å². The molecule has 1 fully saturated rings. The van der Waals surface area contributed by atoms with Gasteiger partial charge in [0.05, 0.1) is 20.8 Å². The quantitative estimate of drug-likeness (QED) is 0.332. The van der Waals surface area contributed by atoms with E-state index in [2.05, 4.69) is 27.8 Å². The Balaban J connectivity index is 0.00000261. The van der Waals surface area contributed by atoms with Crippen molar-refractivity contribution in [2.24, 2.45) is 10.7 Å². The molecule has 1 aromatic carbocycles. The number of nitrogens with one attached hydrogen (secondary N) is 1. The Labute approximate surface area is 182 Å². The number of anilines is 1. The highest BCUT2D eigenvalue weighted by Crippen LogP contribution is 2.41. The number of hydrogen-bond acceptors (Lipinski definition) is 4. The third-order valence-electron chi connectivity index (χ3n) is 5.06. The molecule has 0 unspecified atom stereocenters. The van der Waals surface area contributed by atoms with E-state index in [4.69, 9.17) is 15.2 Å². The summed E-state index contributed by atoms with van der Waals surface area (Å²) in [4.78, 5) is 6.12. The van der Waals surface area contributed by atoms with Gasteiger partial charge < -0.3 is 20.5 Å². The standard InChI is InChI=1S/C20H27N3O2S.HI/c1-24-16-9-8-15(13-17(16)25-2)23-19(21)22-14-20(10-4-3-5-11-20)18-7-6-12-26-18;/h6-9,12-13H,3-5,10-11,14H2,1-2H3,(H3,21,22,23);1H. The van der Waals surface area contributed by atoms with Gasteiger partial charge in [0.2, 0.25) is 0 Å². The van der Waals surface area contributed by atoms with E-state index in [0.29, 0.717) is 17.5 Å². The van der Waals surface area contributed by atoms with Crippen molar-refractivity contribution < 1.29 is 9.47 Å². The molecule has 0 atom stereocenters. The molecule has 1 aliphatic carbocycles. The average molecular weight is 501 g/mol. The van der Waals surface area contributed by atoms with Crippen molar-refractivity contribution in [3.8, 4) is 11.5 Å². The number of nitrogens with zero attached hydrogens (tertiary/aromatic N) is 1. The van der Waals surface area contributed by atoms with Crippen LogP contribution in [-0.4, -0.2) is 26.7 Å². The van der Waals surface area contributed by atoms with E-state index in [9.17, 15) is 0 Å². The molecule has 3 N–H and O–H groups in total. The van der Waals surface area contributed by atoms with Crippen LogP contribution in [0.15, 0.2) is 40.7 Å². The summed E-state index contributed by atoms with van der Waals surface area (Å²) < 4.78 is 10.6. The smallest absolute Gasteiger partial charge is 0.193 e. The summed E-state index contributed by atoms with van der Waals surface area (Å²) in [6.45, 7) is 0.722. The van der Waals surface area contributed by atoms with Crippen molar-refractivity contribution in [3.63, 3.8) is 0 Å². The van der Waals surface area contributed by atoms with E-state index in [1.165, 1.54) is 37.0 Å². The Morgan fingerprint density at radius 1 is 1.15 bits per heavy atom. The molecule has 1 heterocycles. The van der Waals surface area contributed by atoms with Crippen molar-refractivity contribution in [2.75, 3.05) is 26.1 Å². The molecule has 1 aromatic heterocycles. The molecule has 0 saturated heterocycles. The third-order valence-corrected chi connectivity index (χ3v) is 6.18. The van der Waals surface area contributed by atoms with Gasteiger partial charge >= 0.3 is 0 Å². The minimum absolute atomic E-state index is 0. The minimum atomic E-state index is 0. The van der Waals surface area contributed by atoms with Gasteiger partial charge in [-0.25, -0.2) is 0 Å². The minimum Gasteiger partial charge on any atom is -0.493 e. The lowest BCUT2D eigenvalue weighted by Crippen LogP contribution is -2.33. The second-order valence-electron chi connectivity index (χ2n) is 6.71. The molecule has 0 bridgehead atoms. The normalized spacial score (nSPS) is 16.3. The first-order valence-electron chi connectivity index (χ1n) is 9.00. The fourth-order valence-electron chi connectivity index (χ4n) is 3.63. The number of hydrogen-bond donors (Lipinski definition) is 2. The van der Waals surface area contributed by atoms with E-state index < -0.39 is 0 Å². The maximum absolute atomic E-state index is 6.17. The molecular formula is C20H28IN3O2S. The number of thiophene rings is 1. The van der Waals surface area contributed by atoms with Crippen molar-refractivity contribution >= 4 is 47.0 Å². The zero-order chi connectivity index (χ0) is 18.4. The monoisotopic (exact) mass is 501 g/mol. The molecule has 1 saturated carbocycles. The fourth-order valence-corrected chi connectivity index (χ4v) is 4.61. The van der Waals surface area contributed by atoms with E-state index in [1.807, 2.05) is 29.5 Å². The van der Waals surface area contributed by atoms with Gasteiger partial charge in [0.25, 0.3) is 0 Å². The van der Waals surface area contributed by atoms with Gasteiger partial charge in [-0.3, -0.25) is 4.99 Å². The third kappa shape index (κ3) is 5.28. The summed E-state index contributed by atoms with van der Waals surface area (Å²) in [7, 11) is 3.24. The molecule has 27 heavy (non-hydrogen) atoms. The zero-order valence-corrected chi connectivity index (χ0v) is 19.0. The van der Waals surface area contributed by atoms with Gasteiger partial charge in [0.15, 0.2) is 17.5 Å². The summed E-state index contributed by atoms with van der Waals surface area (Å²) in [5.74, 6) is 1.78. The topological polar surface area (TPSA) is 68.9 Å². The number of halogens is 1. The second kappa shape index (κ2) is 10.2. The van der Waals surface area contributed by atoms with Crippen LogP contribution in [0.25, 0.3) is 0 Å². The van der Waals surface area contributed by atoms with Gasteiger partial charge in [-0.05, 0) is 36.4 Å². The van der Waals surface area contributed by atoms with Crippen LogP contribution in [0.3, 0.4) is 0 Å². The van der Waals surface area contributed by atoms with Gasteiger partial charge in [-0.1, -0.05) is 25.3 Å². The van der Waals surface area contributed by atoms with E-state index in [1.54, 1.807) is 14.2 Å². The van der Waals surface area contributed by atoms with Crippen molar-refractivity contribution in [2.45, 2.75) is 37.5 Å². The highest BCUT2D eigenvalue weighted by molar-refractivity contribution is 14.0. The van der Waals surface area contributed by atoms with E-state index in [-0.39, 0.29) is 29.4 Å². The highest BCUT2D eigenvalue weighted by atomic mass is 127. The zero-order valence-electron chi connectivity index (χ0n) is 15.9. The molecular weight excluding hydrogens is 473 g/mol. The predicted molar refractivity (Wildman–Crippen MR) is 124 cm³/mol. The fraction of sp³-hybridized carbons (Fsp3) is 0.450. The van der Waals surface area contributed by atoms with Crippen LogP contribution in [0.1, 0.15) is 37.0 Å². The molecule has 0 amide bonds. The second-order valence-corrected chi connectivity index (χ2v) is 7.66. The number of rotatable bonds is 6. The maximum atomic E-state index is 6.17. The first-order valence-corrected chi connectivity index (χ1v) is 9.88. The van der Waals surface area contributed by atoms with Crippen LogP contribution < -0.4 is 20.5 Å². The van der Waals surface area contributed by atoms with Gasteiger partial charge in [0.1, 0.15) is 0 Å². The van der Waals surface area contributed by atoms with Crippen LogP contribution in [0.4, 0.5) is 5.69 Å². The first kappa shape index (κ1) is 21.8. The summed E-state index contributed by atoms with van der Waals surface area (Å²) >= 11 is 1.83. The van der Waals surface area contributed by atoms with Crippen LogP contribution in [0.2, 0.25) is 0 Å². The Morgan fingerprint density at radius 3 is 2.52 bits per heavy atom. The van der Waals surface area contributed by atoms with Crippen molar-refractivity contribution in [1.82, 2.24) is 0 Å². The number of benzene rings is 1. The van der Waals surface area contributed by atoms with Gasteiger partial charge in [0, 0.05) is 22.0 Å². The molecule has 0 spiro atoms. The lowest BCUT2D eigenvalue weighted by Gasteiger charge is -2.35. The Morgan fingerprint density at radius 2 is 1.89 bits per heavy atom. The number of aliphatic imine (C=N–C) groups is 1. The Bertz CT molecular complexity index is 744. The van der Waals surface area contributed by atoms with Gasteiger partial charge in [-0.2, -0.15) is 0 Å². The summed E-state index contributed by atoms with van der Waals surface area (Å²) in [5.41, 5.74) is 7.13. The Hall–Kier alpha value is -1.48. The SMILES string of the molecule is COc1ccc(NC(N)=NCC2(c3cccs3)CCCCC2)cc1OC.I. The molecule has 0 aliphatic heterocycles. The van der Waals surface area contributed by atoms with Crippen LogP contribution in [0, 0.1) is 0 Å². The molecule has 2 aromatic rings. The van der Waals surface area contributed by atoms with Crippen molar-refractivity contribution in [1.29, 1.82) is 0 Å². The molecule has 3 rings (SSSR count). The highest BCUT2D eigenvalue weighted by Gasteiger charge is 2.34. The summed E-state index contributed by atoms with van der Waals surface area (Å²) in [6, 6.07) is 9.98. The van der Waals surface area contributed by atoms with E-state index >= 15 is 0 Å². The average Bonchev–Trinajstić information content (AvgIpc) is 3.22. The number of guanidine groups is 1. The van der Waals surface area contributed by atoms with E-state index in [0.717, 1.165) is 12.2 Å². The predicted octanol–water partition coefficient (Wildman–Crippen LogP) is 5.01. The maximum Gasteiger partial charge on any atom is 0.193 e. The summed E-state index contributed by atoms with van der Waals surface area (Å²) in [5, 5.41) is 5.32. The van der Waals surface area contributed by atoms with Gasteiger partial charge in [-0.15, -0.1) is 35.3 Å². The molecule has 5 nitrogen and oxygen atoms in total. The molecule has 1 aliphatic rings.